The van der Waals surface area contributed by atoms with Crippen molar-refractivity contribution in [2.75, 3.05) is 35.3 Å². The molecule has 4 rings (SSSR count). The zero-order valence-corrected chi connectivity index (χ0v) is 42.0. The molecule has 60 heavy (non-hydrogen) atoms. The van der Waals surface area contributed by atoms with Crippen molar-refractivity contribution in [1.82, 2.24) is 19.1 Å². The number of hydrazone groups is 4. The third-order valence-corrected chi connectivity index (χ3v) is 16.0. The zero-order chi connectivity index (χ0) is 43.3. The third-order valence-electron chi connectivity index (χ3n) is 6.98. The summed E-state index contributed by atoms with van der Waals surface area (Å²) in [4.78, 5) is 7.07. The zero-order valence-electron chi connectivity index (χ0n) is 32.3. The molecule has 0 N–H and O–H groups in total. The predicted molar refractivity (Wildman–Crippen MR) is 263 cm³/mol. The predicted octanol–water partition coefficient (Wildman–Crippen LogP) is 11.4. The summed E-state index contributed by atoms with van der Waals surface area (Å²) in [7, 11) is 6.84. The third kappa shape index (κ3) is 17.7. The van der Waals surface area contributed by atoms with Crippen LogP contribution in [0.25, 0.3) is 0 Å². The molecule has 4 unspecified atom stereocenters. The first kappa shape index (κ1) is 49.0. The molecule has 0 bridgehead atoms. The first-order valence-corrected chi connectivity index (χ1v) is 27.7. The average molecular weight is 1010 g/mol. The van der Waals surface area contributed by atoms with E-state index in [2.05, 4.69) is 43.7 Å². The average Bonchev–Trinajstić information content (AvgIpc) is 3.27. The first-order valence-electron chi connectivity index (χ1n) is 16.8. The molecule has 0 saturated heterocycles. The van der Waals surface area contributed by atoms with Crippen LogP contribution in [-0.4, -0.2) is 79.3 Å². The lowest BCUT2D eigenvalue weighted by atomic mass is 10.2. The number of hydrogen-bond donors (Lipinski definition) is 0. The van der Waals surface area contributed by atoms with E-state index in [1.54, 1.807) is 79.3 Å². The summed E-state index contributed by atoms with van der Waals surface area (Å²) < 4.78 is 39.0. The Morgan fingerprint density at radius 1 is 0.500 bits per heavy atom. The van der Waals surface area contributed by atoms with E-state index in [-0.39, 0.29) is 0 Å². The van der Waals surface area contributed by atoms with Gasteiger partial charge in [-0.25, -0.2) is 0 Å². The molecule has 0 aliphatic heterocycles. The van der Waals surface area contributed by atoms with E-state index in [9.17, 15) is 0 Å². The highest BCUT2D eigenvalue weighted by atomic mass is 32.4. The normalized spacial score (nSPS) is 12.6. The van der Waals surface area contributed by atoms with E-state index in [1.165, 1.54) is 0 Å². The van der Waals surface area contributed by atoms with Gasteiger partial charge in [-0.05, 0) is 119 Å². The second-order valence-corrected chi connectivity index (χ2v) is 21.7. The minimum Gasteiger partial charge on any atom is -0.423 e. The number of benzene rings is 4. The summed E-state index contributed by atoms with van der Waals surface area (Å²) in [6.07, 6.45) is 6.80. The lowest BCUT2D eigenvalue weighted by Gasteiger charge is -2.04. The fourth-order valence-electron chi connectivity index (χ4n) is 3.91. The summed E-state index contributed by atoms with van der Waals surface area (Å²) in [5.41, 5.74) is 3.44. The largest absolute Gasteiger partial charge is 0.540 e. The van der Waals surface area contributed by atoms with Gasteiger partial charge >= 0.3 is 28.3 Å². The Kier molecular flexibility index (Phi) is 21.7. The van der Waals surface area contributed by atoms with Crippen molar-refractivity contribution in [3.05, 3.63) is 119 Å². The van der Waals surface area contributed by atoms with Crippen molar-refractivity contribution in [2.45, 2.75) is 0 Å². The second-order valence-electron chi connectivity index (χ2n) is 11.2. The van der Waals surface area contributed by atoms with E-state index < -0.39 is 28.3 Å². The molecule has 0 aromatic heterocycles. The van der Waals surface area contributed by atoms with Gasteiger partial charge in [-0.2, -0.15) is 4.52 Å². The molecule has 16 nitrogen and oxygen atoms in total. The fourth-order valence-corrected chi connectivity index (χ4v) is 8.03. The Morgan fingerprint density at radius 3 is 1.10 bits per heavy atom. The van der Waals surface area contributed by atoms with Gasteiger partial charge in [-0.15, -0.1) is 34.6 Å². The van der Waals surface area contributed by atoms with Crippen molar-refractivity contribution >= 4 is 127 Å². The molecule has 4 aromatic rings. The van der Waals surface area contributed by atoms with Crippen molar-refractivity contribution in [2.24, 2.45) is 34.6 Å². The molecule has 0 amide bonds. The maximum Gasteiger partial charge on any atom is 0.540 e. The highest BCUT2D eigenvalue weighted by Gasteiger charge is 2.23. The second kappa shape index (κ2) is 26.6. The van der Waals surface area contributed by atoms with Crippen molar-refractivity contribution < 1.29 is 22.6 Å². The summed E-state index contributed by atoms with van der Waals surface area (Å²) in [6, 6.07) is 29.6. The molecule has 4 aromatic carbocycles. The van der Waals surface area contributed by atoms with Gasteiger partial charge in [0.1, 0.15) is 5.75 Å². The molecule has 0 fully saturated rings. The number of hydrogen-bond acceptors (Lipinski definition) is 13. The summed E-state index contributed by atoms with van der Waals surface area (Å²) >= 11 is 21.9. The van der Waals surface area contributed by atoms with Crippen LogP contribution in [0.1, 0.15) is 22.3 Å². The Hall–Kier alpha value is -3.70. The van der Waals surface area contributed by atoms with E-state index in [0.717, 1.165) is 22.3 Å². The van der Waals surface area contributed by atoms with Crippen LogP contribution in [0, 0.1) is 0 Å². The Labute approximate surface area is 378 Å². The molecule has 0 spiro atoms. The molecular formula is C33H36N11O5P7S4+4. The highest BCUT2D eigenvalue weighted by molar-refractivity contribution is 8.02. The van der Waals surface area contributed by atoms with Crippen LogP contribution in [0.15, 0.2) is 132 Å². The van der Waals surface area contributed by atoms with Crippen LogP contribution in [-0.2, 0) is 51.8 Å². The first-order chi connectivity index (χ1) is 28.9. The molecule has 0 radical (unpaired) electrons. The van der Waals surface area contributed by atoms with Crippen LogP contribution in [0.3, 0.4) is 0 Å². The molecule has 27 heteroatoms. The van der Waals surface area contributed by atoms with Gasteiger partial charge < -0.3 is 4.52 Å². The van der Waals surface area contributed by atoms with E-state index in [0.29, 0.717) is 40.1 Å². The van der Waals surface area contributed by atoms with Gasteiger partial charge in [0.25, 0.3) is 8.60 Å². The number of nitrogens with zero attached hydrogens (tertiary/aromatic N) is 11. The highest BCUT2D eigenvalue weighted by Crippen LogP contribution is 2.33. The fraction of sp³-hybridized carbons (Fsp3) is 0.152. The van der Waals surface area contributed by atoms with E-state index in [4.69, 9.17) is 69.8 Å². The molecule has 0 aliphatic carbocycles. The lowest BCUT2D eigenvalue weighted by Crippen LogP contribution is -2.04. The van der Waals surface area contributed by atoms with Crippen molar-refractivity contribution in [3.63, 3.8) is 0 Å². The smallest absolute Gasteiger partial charge is 0.423 e. The molecule has 0 saturated carbocycles. The van der Waals surface area contributed by atoms with Crippen LogP contribution < -0.4 is 18.1 Å². The van der Waals surface area contributed by atoms with Crippen molar-refractivity contribution in [3.8, 4) is 23.0 Å². The molecule has 308 valence electrons. The summed E-state index contributed by atoms with van der Waals surface area (Å²) in [5, 5.41) is 17.7. The van der Waals surface area contributed by atoms with E-state index in [1.807, 2.05) is 97.1 Å². The van der Waals surface area contributed by atoms with Gasteiger partial charge in [-0.1, -0.05) is 19.1 Å². The van der Waals surface area contributed by atoms with Crippen LogP contribution in [0.4, 0.5) is 0 Å². The van der Waals surface area contributed by atoms with Crippen LogP contribution >= 0.6 is 54.5 Å². The van der Waals surface area contributed by atoms with Crippen LogP contribution in [0.2, 0.25) is 0 Å². The van der Waals surface area contributed by atoms with Gasteiger partial charge in [0.05, 0.1) is 60.2 Å². The minimum absolute atomic E-state index is 0.420. The topological polar surface area (TPSA) is 146 Å². The maximum atomic E-state index is 5.99. The standard InChI is InChI=1S/C33H36N11O5P7S4/c1-41(53(57)45-5)34-22-27-8-16-31(17-9-27)47-55(59)43(3)36-24-29-12-20-33(21-13-29)49-56(60)44(4)37-25-28-10-18-32(19-11-28)48-54(58)42(2)35-23-26-6-14-30(15-7-26)46-52-40-51-39-38-50/h6-25,50H,1-5H3/q+4. The number of rotatable bonds is 23. The minimum atomic E-state index is -1.48. The summed E-state index contributed by atoms with van der Waals surface area (Å²) in [5.74, 6) is 2.51. The van der Waals surface area contributed by atoms with Crippen molar-refractivity contribution in [1.29, 1.82) is 0 Å². The maximum absolute atomic E-state index is 5.99. The Morgan fingerprint density at radius 2 is 0.800 bits per heavy atom. The van der Waals surface area contributed by atoms with Crippen LogP contribution in [0.5, 0.6) is 23.0 Å². The Bertz CT molecular complexity index is 2300. The van der Waals surface area contributed by atoms with E-state index >= 15 is 0 Å². The van der Waals surface area contributed by atoms with Gasteiger partial charge in [0.2, 0.25) is 47.2 Å². The molecule has 4 atom stereocenters. The Balaban J connectivity index is 1.18. The molecule has 0 heterocycles. The SMILES string of the molecule is CO[P+](=S)N(C)N=Cc1ccc(O[P+](=S)N(C)N=Cc2ccc(O[P+](=S)N(C)N=Cc3ccc(O[P+](=S)N(C)N=Cc4ccc(OP=NP=NN=P)cc4)cc3)cc2)cc1. The quantitative estimate of drug-likeness (QED) is 0.0395. The lowest BCUT2D eigenvalue weighted by molar-refractivity contribution is 0.421. The van der Waals surface area contributed by atoms with Gasteiger partial charge in [0, 0.05) is 9.03 Å². The molecular weight excluding hydrogens is 976 g/mol. The van der Waals surface area contributed by atoms with Gasteiger partial charge in [-0.3, -0.25) is 13.6 Å². The monoisotopic (exact) mass is 1010 g/mol. The summed E-state index contributed by atoms with van der Waals surface area (Å²) in [6.45, 7) is 0. The molecule has 0 aliphatic rings. The van der Waals surface area contributed by atoms with Gasteiger partial charge in [0.15, 0.2) is 25.8 Å².